The van der Waals surface area contributed by atoms with Gasteiger partial charge in [-0.25, -0.2) is 9.59 Å². The van der Waals surface area contributed by atoms with E-state index in [-0.39, 0.29) is 17.6 Å². The number of likely N-dealkylation sites (tertiary alicyclic amines) is 1. The maximum absolute atomic E-state index is 12.7. The highest BCUT2D eigenvalue weighted by molar-refractivity contribution is 5.93. The molecule has 1 aliphatic heterocycles. The van der Waals surface area contributed by atoms with Crippen molar-refractivity contribution in [2.45, 2.75) is 37.5 Å². The number of hydrogen-bond donors (Lipinski definition) is 2. The van der Waals surface area contributed by atoms with Gasteiger partial charge in [0.15, 0.2) is 0 Å². The first-order chi connectivity index (χ1) is 10.8. The number of alkyl halides is 3. The number of hydrogen-bond acceptors (Lipinski definition) is 2. The van der Waals surface area contributed by atoms with Crippen LogP contribution >= 0.6 is 0 Å². The summed E-state index contributed by atoms with van der Waals surface area (Å²) in [5.41, 5.74) is -0.871. The zero-order chi connectivity index (χ0) is 16.8. The minimum Gasteiger partial charge on any atom is -0.480 e. The highest BCUT2D eigenvalue weighted by Gasteiger charge is 2.51. The third kappa shape index (κ3) is 2.85. The van der Waals surface area contributed by atoms with Gasteiger partial charge in [0.05, 0.1) is 5.56 Å². The lowest BCUT2D eigenvalue weighted by Gasteiger charge is -2.32. The number of nitrogens with one attached hydrogen (secondary N) is 1. The average molecular weight is 328 g/mol. The Morgan fingerprint density at radius 3 is 2.65 bits per heavy atom. The summed E-state index contributed by atoms with van der Waals surface area (Å²) in [6.07, 6.45) is -2.39. The first-order valence-corrected chi connectivity index (χ1v) is 7.27. The van der Waals surface area contributed by atoms with Gasteiger partial charge in [0.2, 0.25) is 0 Å². The Kier molecular flexibility index (Phi) is 3.69. The van der Waals surface area contributed by atoms with Crippen LogP contribution in [0.1, 0.15) is 24.8 Å². The van der Waals surface area contributed by atoms with Gasteiger partial charge in [-0.3, -0.25) is 0 Å². The van der Waals surface area contributed by atoms with Crippen LogP contribution in [0.5, 0.6) is 0 Å². The largest absolute Gasteiger partial charge is 0.480 e. The van der Waals surface area contributed by atoms with Crippen LogP contribution in [0, 0.1) is 5.92 Å². The Morgan fingerprint density at radius 1 is 1.26 bits per heavy atom. The maximum atomic E-state index is 12.7. The molecule has 3 atom stereocenters. The van der Waals surface area contributed by atoms with E-state index in [1.165, 1.54) is 17.0 Å². The SMILES string of the molecule is O=C(O)C1C2CCC(C2)N1C(=O)Nc1cccc(C(F)(F)F)c1. The molecule has 8 heteroatoms. The van der Waals surface area contributed by atoms with Crippen LogP contribution in [0.3, 0.4) is 0 Å². The number of carbonyl (C=O) groups is 2. The Morgan fingerprint density at radius 2 is 2.00 bits per heavy atom. The van der Waals surface area contributed by atoms with Crippen LogP contribution < -0.4 is 5.32 Å². The number of carbonyl (C=O) groups excluding carboxylic acids is 1. The van der Waals surface area contributed by atoms with Gasteiger partial charge in [-0.2, -0.15) is 13.2 Å². The number of carboxylic acids is 1. The number of halogens is 3. The van der Waals surface area contributed by atoms with Gasteiger partial charge >= 0.3 is 18.2 Å². The van der Waals surface area contributed by atoms with Gasteiger partial charge in [0.25, 0.3) is 0 Å². The Balaban J connectivity index is 1.78. The van der Waals surface area contributed by atoms with Crippen LogP contribution in [0.25, 0.3) is 0 Å². The first-order valence-electron chi connectivity index (χ1n) is 7.27. The van der Waals surface area contributed by atoms with Crippen molar-refractivity contribution in [2.75, 3.05) is 5.32 Å². The van der Waals surface area contributed by atoms with E-state index in [0.717, 1.165) is 25.0 Å². The van der Waals surface area contributed by atoms with Crippen LogP contribution in [0.2, 0.25) is 0 Å². The molecule has 1 aromatic carbocycles. The lowest BCUT2D eigenvalue weighted by molar-refractivity contribution is -0.143. The quantitative estimate of drug-likeness (QED) is 0.876. The van der Waals surface area contributed by atoms with E-state index >= 15 is 0 Å². The van der Waals surface area contributed by atoms with E-state index < -0.39 is 29.8 Å². The highest BCUT2D eigenvalue weighted by Crippen LogP contribution is 2.42. The lowest BCUT2D eigenvalue weighted by atomic mass is 9.99. The van der Waals surface area contributed by atoms with Gasteiger partial charge < -0.3 is 15.3 Å². The second-order valence-corrected chi connectivity index (χ2v) is 5.93. The molecule has 1 saturated heterocycles. The van der Waals surface area contributed by atoms with E-state index in [1.807, 2.05) is 0 Å². The molecule has 5 nitrogen and oxygen atoms in total. The fourth-order valence-corrected chi connectivity index (χ4v) is 3.56. The topological polar surface area (TPSA) is 69.6 Å². The molecule has 2 fully saturated rings. The first kappa shape index (κ1) is 15.6. The molecule has 0 radical (unpaired) electrons. The fourth-order valence-electron chi connectivity index (χ4n) is 3.56. The number of nitrogens with zero attached hydrogens (tertiary/aromatic N) is 1. The van der Waals surface area contributed by atoms with E-state index in [4.69, 9.17) is 0 Å². The third-order valence-corrected chi connectivity index (χ3v) is 4.51. The number of rotatable bonds is 2. The van der Waals surface area contributed by atoms with E-state index in [0.29, 0.717) is 6.42 Å². The molecule has 2 bridgehead atoms. The molecule has 0 spiro atoms. The molecule has 1 heterocycles. The van der Waals surface area contributed by atoms with Crippen molar-refractivity contribution in [3.8, 4) is 0 Å². The summed E-state index contributed by atoms with van der Waals surface area (Å²) in [7, 11) is 0. The van der Waals surface area contributed by atoms with E-state index in [2.05, 4.69) is 5.32 Å². The molecule has 1 saturated carbocycles. The molecule has 0 aromatic heterocycles. The molecule has 1 aliphatic carbocycles. The van der Waals surface area contributed by atoms with Gasteiger partial charge in [-0.1, -0.05) is 6.07 Å². The minimum atomic E-state index is -4.50. The monoisotopic (exact) mass is 328 g/mol. The smallest absolute Gasteiger partial charge is 0.416 e. The van der Waals surface area contributed by atoms with Crippen LogP contribution in [-0.4, -0.2) is 34.1 Å². The van der Waals surface area contributed by atoms with Crippen molar-refractivity contribution < 1.29 is 27.9 Å². The normalized spacial score (nSPS) is 26.4. The second kappa shape index (κ2) is 5.43. The van der Waals surface area contributed by atoms with Gasteiger partial charge in [0, 0.05) is 11.7 Å². The second-order valence-electron chi connectivity index (χ2n) is 5.93. The predicted molar refractivity (Wildman–Crippen MR) is 74.9 cm³/mol. The summed E-state index contributed by atoms with van der Waals surface area (Å²) in [6, 6.07) is 2.56. The van der Waals surface area contributed by atoms with Gasteiger partial charge in [-0.15, -0.1) is 0 Å². The zero-order valence-corrected chi connectivity index (χ0v) is 12.0. The molecule has 2 aliphatic rings. The Hall–Kier alpha value is -2.25. The lowest BCUT2D eigenvalue weighted by Crippen LogP contribution is -2.50. The summed E-state index contributed by atoms with van der Waals surface area (Å²) in [5, 5.41) is 11.7. The van der Waals surface area contributed by atoms with Crippen LogP contribution in [-0.2, 0) is 11.0 Å². The summed E-state index contributed by atoms with van der Waals surface area (Å²) in [5.74, 6) is -1.15. The number of anilines is 1. The number of aliphatic carboxylic acids is 1. The molecule has 124 valence electrons. The van der Waals surface area contributed by atoms with Gasteiger partial charge in [-0.05, 0) is 43.4 Å². The summed E-state index contributed by atoms with van der Waals surface area (Å²) >= 11 is 0. The minimum absolute atomic E-state index is 0.00302. The van der Waals surface area contributed by atoms with Crippen LogP contribution in [0.15, 0.2) is 24.3 Å². The van der Waals surface area contributed by atoms with Crippen molar-refractivity contribution in [1.82, 2.24) is 4.90 Å². The average Bonchev–Trinajstić information content (AvgIpc) is 3.07. The van der Waals surface area contributed by atoms with Crippen molar-refractivity contribution in [2.24, 2.45) is 5.92 Å². The number of piperidine rings is 1. The van der Waals surface area contributed by atoms with Gasteiger partial charge in [0.1, 0.15) is 6.04 Å². The van der Waals surface area contributed by atoms with Crippen molar-refractivity contribution in [3.63, 3.8) is 0 Å². The number of benzene rings is 1. The summed E-state index contributed by atoms with van der Waals surface area (Å²) in [6.45, 7) is 0. The predicted octanol–water partition coefficient (Wildman–Crippen LogP) is 3.17. The van der Waals surface area contributed by atoms with Crippen LogP contribution in [0.4, 0.5) is 23.7 Å². The molecule has 2 amide bonds. The summed E-state index contributed by atoms with van der Waals surface area (Å²) < 4.78 is 38.1. The standard InChI is InChI=1S/C15H15F3N2O3/c16-15(17,18)9-2-1-3-10(7-9)19-14(23)20-11-5-4-8(6-11)12(20)13(21)22/h1-3,7-8,11-12H,4-6H2,(H,19,23)(H,21,22). The fraction of sp³-hybridized carbons (Fsp3) is 0.467. The Bertz CT molecular complexity index is 647. The number of urea groups is 1. The number of fused-ring (bicyclic) bond motifs is 2. The van der Waals surface area contributed by atoms with E-state index in [9.17, 15) is 27.9 Å². The third-order valence-electron chi connectivity index (χ3n) is 4.51. The van der Waals surface area contributed by atoms with Crippen molar-refractivity contribution >= 4 is 17.7 Å². The molecule has 1 aromatic rings. The van der Waals surface area contributed by atoms with E-state index in [1.54, 1.807) is 0 Å². The zero-order valence-electron chi connectivity index (χ0n) is 12.0. The summed E-state index contributed by atoms with van der Waals surface area (Å²) in [4.78, 5) is 25.0. The molecule has 23 heavy (non-hydrogen) atoms. The molecule has 3 unspecified atom stereocenters. The van der Waals surface area contributed by atoms with Crippen molar-refractivity contribution in [1.29, 1.82) is 0 Å². The molecular weight excluding hydrogens is 313 g/mol. The molecule has 3 rings (SSSR count). The molecular formula is C15H15F3N2O3. The number of carboxylic acid groups (broad SMARTS) is 1. The highest BCUT2D eigenvalue weighted by atomic mass is 19.4. The van der Waals surface area contributed by atoms with Crippen molar-refractivity contribution in [3.05, 3.63) is 29.8 Å². The number of amides is 2. The molecule has 2 N–H and O–H groups in total. The maximum Gasteiger partial charge on any atom is 0.416 e. The Labute approximate surface area is 130 Å².